The molecule has 0 spiro atoms. The maximum absolute atomic E-state index is 11.7. The third-order valence-corrected chi connectivity index (χ3v) is 2.98. The summed E-state index contributed by atoms with van der Waals surface area (Å²) in [4.78, 5) is 23.2. The van der Waals surface area contributed by atoms with Crippen molar-refractivity contribution in [1.82, 2.24) is 5.32 Å². The lowest BCUT2D eigenvalue weighted by molar-refractivity contribution is -0.126. The van der Waals surface area contributed by atoms with Crippen LogP contribution in [-0.4, -0.2) is 18.4 Å². The highest BCUT2D eigenvalue weighted by atomic mass is 79.9. The van der Waals surface area contributed by atoms with Crippen molar-refractivity contribution in [1.29, 1.82) is 0 Å². The molecule has 1 aromatic rings. The first-order chi connectivity index (χ1) is 8.88. The number of carbonyl (C=O) groups is 2. The van der Waals surface area contributed by atoms with Crippen molar-refractivity contribution in [2.24, 2.45) is 5.92 Å². The largest absolute Gasteiger partial charge is 0.355 e. The standard InChI is InChI=1S/C14H19BrN2O2/c1-9(2)8-16-13(18)7-14(19)17-12-5-4-11(15)6-10(12)3/h4-6,9H,7-8H2,1-3H3,(H,16,18)(H,17,19). The third-order valence-electron chi connectivity index (χ3n) is 2.49. The lowest BCUT2D eigenvalue weighted by Crippen LogP contribution is -2.30. The van der Waals surface area contributed by atoms with Crippen molar-refractivity contribution in [3.05, 3.63) is 28.2 Å². The summed E-state index contributed by atoms with van der Waals surface area (Å²) in [5.74, 6) is -0.173. The summed E-state index contributed by atoms with van der Waals surface area (Å²) in [6.45, 7) is 6.50. The molecule has 0 aromatic heterocycles. The molecule has 2 N–H and O–H groups in total. The van der Waals surface area contributed by atoms with Gasteiger partial charge in [0, 0.05) is 16.7 Å². The molecular formula is C14H19BrN2O2. The number of benzene rings is 1. The number of rotatable bonds is 5. The highest BCUT2D eigenvalue weighted by Gasteiger charge is 2.10. The Bertz CT molecular complexity index is 473. The molecule has 0 radical (unpaired) electrons. The number of hydrogen-bond donors (Lipinski definition) is 2. The summed E-state index contributed by atoms with van der Waals surface area (Å²) >= 11 is 3.36. The van der Waals surface area contributed by atoms with E-state index < -0.39 is 0 Å². The van der Waals surface area contributed by atoms with Crippen molar-refractivity contribution in [3.63, 3.8) is 0 Å². The Hall–Kier alpha value is -1.36. The van der Waals surface area contributed by atoms with Crippen molar-refractivity contribution in [2.45, 2.75) is 27.2 Å². The molecule has 104 valence electrons. The monoisotopic (exact) mass is 326 g/mol. The number of halogens is 1. The van der Waals surface area contributed by atoms with Crippen LogP contribution in [-0.2, 0) is 9.59 Å². The van der Waals surface area contributed by atoms with Crippen LogP contribution in [0.4, 0.5) is 5.69 Å². The molecule has 19 heavy (non-hydrogen) atoms. The average Bonchev–Trinajstić information content (AvgIpc) is 2.30. The number of carbonyl (C=O) groups excluding carboxylic acids is 2. The van der Waals surface area contributed by atoms with Crippen LogP contribution in [0, 0.1) is 12.8 Å². The molecule has 0 fully saturated rings. The summed E-state index contributed by atoms with van der Waals surface area (Å²) < 4.78 is 0.956. The van der Waals surface area contributed by atoms with E-state index in [1.807, 2.05) is 39.0 Å². The van der Waals surface area contributed by atoms with Gasteiger partial charge in [-0.05, 0) is 36.6 Å². The van der Waals surface area contributed by atoms with Crippen molar-refractivity contribution in [3.8, 4) is 0 Å². The SMILES string of the molecule is Cc1cc(Br)ccc1NC(=O)CC(=O)NCC(C)C. The van der Waals surface area contributed by atoms with Gasteiger partial charge in [0.05, 0.1) is 0 Å². The lowest BCUT2D eigenvalue weighted by atomic mass is 10.2. The molecule has 0 aliphatic heterocycles. The van der Waals surface area contributed by atoms with Gasteiger partial charge in [0.25, 0.3) is 0 Å². The predicted octanol–water partition coefficient (Wildman–Crippen LogP) is 2.86. The van der Waals surface area contributed by atoms with Crippen LogP contribution in [0.1, 0.15) is 25.8 Å². The Labute approximate surface area is 122 Å². The fourth-order valence-electron chi connectivity index (χ4n) is 1.49. The zero-order valence-corrected chi connectivity index (χ0v) is 13.0. The van der Waals surface area contributed by atoms with Crippen LogP contribution in [0.15, 0.2) is 22.7 Å². The van der Waals surface area contributed by atoms with E-state index in [0.717, 1.165) is 15.7 Å². The molecule has 0 unspecified atom stereocenters. The number of anilines is 1. The molecule has 5 heteroatoms. The van der Waals surface area contributed by atoms with Gasteiger partial charge in [-0.15, -0.1) is 0 Å². The van der Waals surface area contributed by atoms with Gasteiger partial charge < -0.3 is 10.6 Å². The Morgan fingerprint density at radius 2 is 1.95 bits per heavy atom. The van der Waals surface area contributed by atoms with E-state index in [9.17, 15) is 9.59 Å². The Balaban J connectivity index is 2.49. The van der Waals surface area contributed by atoms with E-state index in [1.165, 1.54) is 0 Å². The summed E-state index contributed by atoms with van der Waals surface area (Å²) in [7, 11) is 0. The van der Waals surface area contributed by atoms with Crippen LogP contribution in [0.2, 0.25) is 0 Å². The van der Waals surface area contributed by atoms with Crippen LogP contribution < -0.4 is 10.6 Å². The highest BCUT2D eigenvalue weighted by molar-refractivity contribution is 9.10. The van der Waals surface area contributed by atoms with Gasteiger partial charge in [-0.2, -0.15) is 0 Å². The minimum Gasteiger partial charge on any atom is -0.355 e. The van der Waals surface area contributed by atoms with Crippen LogP contribution in [0.25, 0.3) is 0 Å². The van der Waals surface area contributed by atoms with Gasteiger partial charge in [-0.3, -0.25) is 9.59 Å². The first-order valence-electron chi connectivity index (χ1n) is 6.21. The van der Waals surface area contributed by atoms with Crippen molar-refractivity contribution < 1.29 is 9.59 Å². The van der Waals surface area contributed by atoms with Gasteiger partial charge in [-0.1, -0.05) is 29.8 Å². The molecule has 2 amide bonds. The highest BCUT2D eigenvalue weighted by Crippen LogP contribution is 2.20. The van der Waals surface area contributed by atoms with Crippen molar-refractivity contribution in [2.75, 3.05) is 11.9 Å². The summed E-state index contributed by atoms with van der Waals surface area (Å²) in [6, 6.07) is 5.57. The zero-order chi connectivity index (χ0) is 14.4. The normalized spacial score (nSPS) is 10.4. The second-order valence-electron chi connectivity index (χ2n) is 4.88. The fraction of sp³-hybridized carbons (Fsp3) is 0.429. The number of hydrogen-bond acceptors (Lipinski definition) is 2. The second kappa shape index (κ2) is 7.28. The Morgan fingerprint density at radius 1 is 1.26 bits per heavy atom. The van der Waals surface area contributed by atoms with E-state index in [1.54, 1.807) is 0 Å². The summed E-state index contributed by atoms with van der Waals surface area (Å²) in [6.07, 6.45) is -0.151. The van der Waals surface area contributed by atoms with E-state index in [4.69, 9.17) is 0 Å². The maximum atomic E-state index is 11.7. The first-order valence-corrected chi connectivity index (χ1v) is 7.00. The summed E-state index contributed by atoms with van der Waals surface area (Å²) in [5, 5.41) is 5.45. The molecule has 0 atom stereocenters. The number of amides is 2. The van der Waals surface area contributed by atoms with Crippen LogP contribution in [0.3, 0.4) is 0 Å². The molecular weight excluding hydrogens is 308 g/mol. The van der Waals surface area contributed by atoms with Crippen molar-refractivity contribution >= 4 is 33.4 Å². The molecule has 4 nitrogen and oxygen atoms in total. The number of aryl methyl sites for hydroxylation is 1. The molecule has 0 aliphatic rings. The molecule has 0 saturated carbocycles. The average molecular weight is 327 g/mol. The van der Waals surface area contributed by atoms with E-state index in [2.05, 4.69) is 26.6 Å². The topological polar surface area (TPSA) is 58.2 Å². The lowest BCUT2D eigenvalue weighted by Gasteiger charge is -2.10. The van der Waals surface area contributed by atoms with Crippen LogP contribution >= 0.6 is 15.9 Å². The maximum Gasteiger partial charge on any atom is 0.233 e. The zero-order valence-electron chi connectivity index (χ0n) is 11.4. The minimum atomic E-state index is -0.299. The van der Waals surface area contributed by atoms with Gasteiger partial charge in [0.15, 0.2) is 0 Å². The van der Waals surface area contributed by atoms with E-state index in [-0.39, 0.29) is 18.2 Å². The van der Waals surface area contributed by atoms with Gasteiger partial charge in [-0.25, -0.2) is 0 Å². The minimum absolute atomic E-state index is 0.151. The molecule has 1 rings (SSSR count). The Kier molecular flexibility index (Phi) is 6.02. The molecule has 0 heterocycles. The predicted molar refractivity (Wildman–Crippen MR) is 80.0 cm³/mol. The van der Waals surface area contributed by atoms with Crippen LogP contribution in [0.5, 0.6) is 0 Å². The van der Waals surface area contributed by atoms with Gasteiger partial charge in [0.2, 0.25) is 11.8 Å². The van der Waals surface area contributed by atoms with E-state index in [0.29, 0.717) is 12.5 Å². The number of nitrogens with one attached hydrogen (secondary N) is 2. The van der Waals surface area contributed by atoms with Gasteiger partial charge in [0.1, 0.15) is 6.42 Å². The fourth-order valence-corrected chi connectivity index (χ4v) is 1.96. The molecule has 1 aromatic carbocycles. The Morgan fingerprint density at radius 3 is 2.53 bits per heavy atom. The quantitative estimate of drug-likeness (QED) is 0.817. The van der Waals surface area contributed by atoms with Gasteiger partial charge >= 0.3 is 0 Å². The summed E-state index contributed by atoms with van der Waals surface area (Å²) in [5.41, 5.74) is 1.68. The third kappa shape index (κ3) is 5.87. The first kappa shape index (κ1) is 15.7. The molecule has 0 aliphatic carbocycles. The molecule has 0 bridgehead atoms. The second-order valence-corrected chi connectivity index (χ2v) is 5.80. The van der Waals surface area contributed by atoms with E-state index >= 15 is 0 Å². The molecule has 0 saturated heterocycles. The smallest absolute Gasteiger partial charge is 0.233 e.